The van der Waals surface area contributed by atoms with Crippen molar-refractivity contribution in [2.24, 2.45) is 0 Å². The van der Waals surface area contributed by atoms with Crippen molar-refractivity contribution in [2.45, 2.75) is 18.9 Å². The highest BCUT2D eigenvalue weighted by atomic mass is 16.4. The van der Waals surface area contributed by atoms with Gasteiger partial charge in [0.15, 0.2) is 0 Å². The third-order valence-corrected chi connectivity index (χ3v) is 2.84. The summed E-state index contributed by atoms with van der Waals surface area (Å²) < 4.78 is 0. The quantitative estimate of drug-likeness (QED) is 0.596. The molecule has 1 aromatic heterocycles. The minimum absolute atomic E-state index is 0.101. The highest BCUT2D eigenvalue weighted by Gasteiger charge is 2.18. The zero-order valence-corrected chi connectivity index (χ0v) is 10.7. The summed E-state index contributed by atoms with van der Waals surface area (Å²) in [6.45, 7) is -0.633. The van der Waals surface area contributed by atoms with E-state index in [-0.39, 0.29) is 6.42 Å². The Morgan fingerprint density at radius 1 is 1.35 bits per heavy atom. The van der Waals surface area contributed by atoms with Crippen molar-refractivity contribution in [1.29, 1.82) is 0 Å². The Balaban J connectivity index is 1.91. The Bertz CT molecular complexity index is 590. The van der Waals surface area contributed by atoms with Gasteiger partial charge in [-0.3, -0.25) is 4.79 Å². The molecule has 1 aromatic carbocycles. The summed E-state index contributed by atoms with van der Waals surface area (Å²) in [7, 11) is 0. The highest BCUT2D eigenvalue weighted by Crippen LogP contribution is 2.11. The van der Waals surface area contributed by atoms with E-state index in [1.165, 1.54) is 0 Å². The smallest absolute Gasteiger partial charge is 0.328 e. The first-order chi connectivity index (χ1) is 9.60. The molecule has 2 rings (SSSR count). The number of carboxylic acids is 1. The molecule has 106 valence electrons. The lowest BCUT2D eigenvalue weighted by molar-refractivity contribution is -0.142. The first-order valence-corrected chi connectivity index (χ1v) is 6.17. The largest absolute Gasteiger partial charge is 0.480 e. The van der Waals surface area contributed by atoms with Gasteiger partial charge in [0.05, 0.1) is 17.6 Å². The van der Waals surface area contributed by atoms with E-state index in [9.17, 15) is 9.59 Å². The van der Waals surface area contributed by atoms with Crippen LogP contribution in [0.1, 0.15) is 12.2 Å². The number of carbonyl (C=O) groups is 2. The van der Waals surface area contributed by atoms with Gasteiger partial charge in [-0.2, -0.15) is 0 Å². The third-order valence-electron chi connectivity index (χ3n) is 2.84. The monoisotopic (exact) mass is 277 g/mol. The molecule has 0 aliphatic heterocycles. The van der Waals surface area contributed by atoms with Crippen molar-refractivity contribution in [3.8, 4) is 0 Å². The van der Waals surface area contributed by atoms with E-state index in [0.717, 1.165) is 11.0 Å². The molecule has 2 aromatic rings. The van der Waals surface area contributed by atoms with Crippen molar-refractivity contribution in [1.82, 2.24) is 15.3 Å². The second-order valence-corrected chi connectivity index (χ2v) is 4.34. The SMILES string of the molecule is O=C(CCc1nc2ccccc2[nH]1)N[C@@H](CO)C(=O)O. The number of aliphatic hydroxyl groups excluding tert-OH is 1. The number of benzene rings is 1. The molecular formula is C13H15N3O4. The standard InChI is InChI=1S/C13H15N3O4/c17-7-10(13(19)20)16-12(18)6-5-11-14-8-3-1-2-4-9(8)15-11/h1-4,10,17H,5-7H2,(H,14,15)(H,16,18)(H,19,20)/t10-/m0/s1. The van der Waals surface area contributed by atoms with Crippen LogP contribution < -0.4 is 5.32 Å². The van der Waals surface area contributed by atoms with Gasteiger partial charge in [-0.05, 0) is 12.1 Å². The molecule has 0 aliphatic carbocycles. The first kappa shape index (κ1) is 14.0. The molecule has 0 unspecified atom stereocenters. The van der Waals surface area contributed by atoms with Crippen LogP contribution in [0.5, 0.6) is 0 Å². The molecule has 1 atom stereocenters. The fourth-order valence-electron chi connectivity index (χ4n) is 1.81. The molecule has 7 heteroatoms. The lowest BCUT2D eigenvalue weighted by Gasteiger charge is -2.10. The van der Waals surface area contributed by atoms with Gasteiger partial charge in [0.1, 0.15) is 11.9 Å². The lowest BCUT2D eigenvalue weighted by atomic mass is 10.2. The number of hydrogen-bond donors (Lipinski definition) is 4. The van der Waals surface area contributed by atoms with Gasteiger partial charge in [-0.25, -0.2) is 9.78 Å². The number of imidazole rings is 1. The number of carbonyl (C=O) groups excluding carboxylic acids is 1. The normalized spacial score (nSPS) is 12.2. The molecule has 0 spiro atoms. The van der Waals surface area contributed by atoms with E-state index in [0.29, 0.717) is 12.2 Å². The molecule has 0 fully saturated rings. The third kappa shape index (κ3) is 3.33. The van der Waals surface area contributed by atoms with E-state index in [4.69, 9.17) is 10.2 Å². The molecule has 4 N–H and O–H groups in total. The second-order valence-electron chi connectivity index (χ2n) is 4.34. The minimum Gasteiger partial charge on any atom is -0.480 e. The number of nitrogens with one attached hydrogen (secondary N) is 2. The number of carboxylic acid groups (broad SMARTS) is 1. The summed E-state index contributed by atoms with van der Waals surface area (Å²) in [6.07, 6.45) is 0.474. The summed E-state index contributed by atoms with van der Waals surface area (Å²) >= 11 is 0. The predicted molar refractivity (Wildman–Crippen MR) is 71.1 cm³/mol. The van der Waals surface area contributed by atoms with Crippen LogP contribution in [0, 0.1) is 0 Å². The molecule has 0 saturated carbocycles. The fraction of sp³-hybridized carbons (Fsp3) is 0.308. The van der Waals surface area contributed by atoms with Crippen molar-refractivity contribution < 1.29 is 19.8 Å². The number of para-hydroxylation sites is 2. The Hall–Kier alpha value is -2.41. The zero-order valence-electron chi connectivity index (χ0n) is 10.7. The molecule has 0 bridgehead atoms. The second kappa shape index (κ2) is 6.16. The van der Waals surface area contributed by atoms with Gasteiger partial charge in [0.25, 0.3) is 0 Å². The van der Waals surface area contributed by atoms with Gasteiger partial charge in [-0.15, -0.1) is 0 Å². The first-order valence-electron chi connectivity index (χ1n) is 6.17. The summed E-state index contributed by atoms with van der Waals surface area (Å²) in [5, 5.41) is 19.8. The Morgan fingerprint density at radius 3 is 2.75 bits per heavy atom. The number of nitrogens with zero attached hydrogens (tertiary/aromatic N) is 1. The Kier molecular flexibility index (Phi) is 4.31. The summed E-state index contributed by atoms with van der Waals surface area (Å²) in [5.74, 6) is -1.03. The van der Waals surface area contributed by atoms with E-state index < -0.39 is 24.5 Å². The topological polar surface area (TPSA) is 115 Å². The molecule has 0 saturated heterocycles. The van der Waals surface area contributed by atoms with Crippen LogP contribution >= 0.6 is 0 Å². The van der Waals surface area contributed by atoms with Gasteiger partial charge >= 0.3 is 5.97 Å². The van der Waals surface area contributed by atoms with Gasteiger partial charge in [0, 0.05) is 12.8 Å². The number of aliphatic hydroxyl groups is 1. The molecule has 7 nitrogen and oxygen atoms in total. The van der Waals surface area contributed by atoms with Crippen LogP contribution in [0.15, 0.2) is 24.3 Å². The van der Waals surface area contributed by atoms with Gasteiger partial charge in [0.2, 0.25) is 5.91 Å². The average Bonchev–Trinajstić information content (AvgIpc) is 2.85. The van der Waals surface area contributed by atoms with Crippen molar-refractivity contribution in [3.63, 3.8) is 0 Å². The maximum absolute atomic E-state index is 11.6. The summed E-state index contributed by atoms with van der Waals surface area (Å²) in [5.41, 5.74) is 1.71. The van der Waals surface area contributed by atoms with E-state index in [1.54, 1.807) is 0 Å². The van der Waals surface area contributed by atoms with E-state index >= 15 is 0 Å². The lowest BCUT2D eigenvalue weighted by Crippen LogP contribution is -2.43. The minimum atomic E-state index is -1.27. The van der Waals surface area contributed by atoms with Crippen molar-refractivity contribution in [2.75, 3.05) is 6.61 Å². The van der Waals surface area contributed by atoms with Crippen LogP contribution in [0.3, 0.4) is 0 Å². The van der Waals surface area contributed by atoms with Crippen molar-refractivity contribution in [3.05, 3.63) is 30.1 Å². The van der Waals surface area contributed by atoms with Gasteiger partial charge < -0.3 is 20.5 Å². The maximum atomic E-state index is 11.6. The van der Waals surface area contributed by atoms with E-state index in [1.807, 2.05) is 24.3 Å². The summed E-state index contributed by atoms with van der Waals surface area (Å²) in [4.78, 5) is 29.6. The van der Waals surface area contributed by atoms with Crippen LogP contribution in [-0.4, -0.2) is 44.7 Å². The number of aliphatic carboxylic acids is 1. The van der Waals surface area contributed by atoms with Crippen LogP contribution in [0.25, 0.3) is 11.0 Å². The van der Waals surface area contributed by atoms with Crippen LogP contribution in [0.4, 0.5) is 0 Å². The van der Waals surface area contributed by atoms with Crippen LogP contribution in [-0.2, 0) is 16.0 Å². The molecule has 1 amide bonds. The van der Waals surface area contributed by atoms with Gasteiger partial charge in [-0.1, -0.05) is 12.1 Å². The fourth-order valence-corrected chi connectivity index (χ4v) is 1.81. The molecule has 0 aliphatic rings. The molecular weight excluding hydrogens is 262 g/mol. The number of hydrogen-bond acceptors (Lipinski definition) is 4. The number of aryl methyl sites for hydroxylation is 1. The average molecular weight is 277 g/mol. The maximum Gasteiger partial charge on any atom is 0.328 e. The number of H-pyrrole nitrogens is 1. The highest BCUT2D eigenvalue weighted by molar-refractivity contribution is 5.83. The number of amides is 1. The van der Waals surface area contributed by atoms with Crippen LogP contribution in [0.2, 0.25) is 0 Å². The van der Waals surface area contributed by atoms with E-state index in [2.05, 4.69) is 15.3 Å². The summed E-state index contributed by atoms with van der Waals surface area (Å²) in [6, 6.07) is 6.24. The number of aromatic nitrogens is 2. The number of aromatic amines is 1. The number of fused-ring (bicyclic) bond motifs is 1. The zero-order chi connectivity index (χ0) is 14.5. The Morgan fingerprint density at radius 2 is 2.10 bits per heavy atom. The number of rotatable bonds is 6. The molecule has 1 heterocycles. The Labute approximate surface area is 114 Å². The predicted octanol–water partition coefficient (Wildman–Crippen LogP) is 0.0572. The molecule has 0 radical (unpaired) electrons. The van der Waals surface area contributed by atoms with Crippen molar-refractivity contribution >= 4 is 22.9 Å². The molecule has 20 heavy (non-hydrogen) atoms.